The minimum atomic E-state index is -3.89. The smallest absolute Gasteiger partial charge is 0.311 e. The summed E-state index contributed by atoms with van der Waals surface area (Å²) in [5, 5.41) is -1.21. The molecule has 1 aromatic rings. The summed E-state index contributed by atoms with van der Waals surface area (Å²) in [6, 6.07) is 7.83. The van der Waals surface area contributed by atoms with Crippen molar-refractivity contribution in [3.63, 3.8) is 0 Å². The van der Waals surface area contributed by atoms with Gasteiger partial charge in [-0.1, -0.05) is 30.4 Å². The van der Waals surface area contributed by atoms with Gasteiger partial charge in [0, 0.05) is 0 Å². The Bertz CT molecular complexity index is 753. The summed E-state index contributed by atoms with van der Waals surface area (Å²) >= 11 is 0. The molecule has 25 heavy (non-hydrogen) atoms. The number of hydrogen-bond donors (Lipinski definition) is 0. The molecule has 136 valence electrons. The Balaban J connectivity index is 2.48. The first kappa shape index (κ1) is 19.2. The maximum absolute atomic E-state index is 13.1. The third-order valence-electron chi connectivity index (χ3n) is 4.20. The lowest BCUT2D eigenvalue weighted by Crippen LogP contribution is -2.38. The van der Waals surface area contributed by atoms with E-state index in [1.807, 2.05) is 0 Å². The van der Waals surface area contributed by atoms with Crippen LogP contribution in [0.4, 0.5) is 0 Å². The summed E-state index contributed by atoms with van der Waals surface area (Å²) in [6.45, 7) is 7.34. The summed E-state index contributed by atoms with van der Waals surface area (Å²) in [5.41, 5.74) is 0.319. The highest BCUT2D eigenvalue weighted by atomic mass is 32.2. The summed E-state index contributed by atoms with van der Waals surface area (Å²) in [7, 11) is -3.89. The van der Waals surface area contributed by atoms with Crippen molar-refractivity contribution in [2.75, 3.05) is 13.2 Å². The fourth-order valence-corrected chi connectivity index (χ4v) is 5.22. The quantitative estimate of drug-likeness (QED) is 0.566. The Kier molecular flexibility index (Phi) is 6.00. The highest BCUT2D eigenvalue weighted by Gasteiger charge is 2.54. The summed E-state index contributed by atoms with van der Waals surface area (Å²) < 4.78 is 36.2. The second-order valence-corrected chi connectivity index (χ2v) is 7.85. The van der Waals surface area contributed by atoms with E-state index in [-0.39, 0.29) is 24.5 Å². The number of sulfone groups is 1. The minimum absolute atomic E-state index is 0.0824. The van der Waals surface area contributed by atoms with Gasteiger partial charge in [-0.05, 0) is 32.4 Å². The molecule has 0 saturated heterocycles. The van der Waals surface area contributed by atoms with E-state index in [1.54, 1.807) is 32.0 Å². The van der Waals surface area contributed by atoms with Crippen LogP contribution in [0.25, 0.3) is 0 Å². The predicted molar refractivity (Wildman–Crippen MR) is 91.4 cm³/mol. The van der Waals surface area contributed by atoms with Crippen LogP contribution in [0, 0.1) is 11.8 Å². The van der Waals surface area contributed by atoms with Crippen LogP contribution < -0.4 is 0 Å². The van der Waals surface area contributed by atoms with Crippen LogP contribution in [0.3, 0.4) is 0 Å². The normalized spacial score (nSPS) is 23.3. The SMILES string of the molecule is C=C1C[C@H](C(=O)OCC)[C@@H](C(=O)OCC)[C@@H]1S(=O)(=O)c1ccccc1. The topological polar surface area (TPSA) is 86.7 Å². The van der Waals surface area contributed by atoms with Gasteiger partial charge in [-0.25, -0.2) is 8.42 Å². The second kappa shape index (κ2) is 7.82. The second-order valence-electron chi connectivity index (χ2n) is 5.78. The predicted octanol–water partition coefficient (Wildman–Crippen LogP) is 2.15. The lowest BCUT2D eigenvalue weighted by molar-refractivity contribution is -0.158. The van der Waals surface area contributed by atoms with Gasteiger partial charge in [-0.2, -0.15) is 0 Å². The molecule has 3 atom stereocenters. The Labute approximate surface area is 147 Å². The van der Waals surface area contributed by atoms with Gasteiger partial charge < -0.3 is 9.47 Å². The van der Waals surface area contributed by atoms with E-state index in [1.165, 1.54) is 12.1 Å². The summed E-state index contributed by atoms with van der Waals surface area (Å²) in [4.78, 5) is 24.8. The van der Waals surface area contributed by atoms with E-state index in [0.717, 1.165) is 0 Å². The molecule has 1 aliphatic carbocycles. The molecule has 0 amide bonds. The van der Waals surface area contributed by atoms with Gasteiger partial charge >= 0.3 is 11.9 Å². The molecule has 6 nitrogen and oxygen atoms in total. The van der Waals surface area contributed by atoms with E-state index >= 15 is 0 Å². The van der Waals surface area contributed by atoms with Gasteiger partial charge in [-0.3, -0.25) is 9.59 Å². The van der Waals surface area contributed by atoms with Crippen LogP contribution in [0.15, 0.2) is 47.4 Å². The van der Waals surface area contributed by atoms with Crippen molar-refractivity contribution < 1.29 is 27.5 Å². The van der Waals surface area contributed by atoms with Gasteiger partial charge in [0.2, 0.25) is 0 Å². The monoisotopic (exact) mass is 366 g/mol. The van der Waals surface area contributed by atoms with Crippen molar-refractivity contribution in [2.24, 2.45) is 11.8 Å². The van der Waals surface area contributed by atoms with Crippen molar-refractivity contribution in [1.29, 1.82) is 0 Å². The van der Waals surface area contributed by atoms with Crippen LogP contribution in [-0.4, -0.2) is 38.8 Å². The molecule has 0 bridgehead atoms. The molecule has 0 aliphatic heterocycles. The maximum atomic E-state index is 13.1. The standard InChI is InChI=1S/C18H22O6S/c1-4-23-17(19)14-11-12(3)16(15(14)18(20)24-5-2)25(21,22)13-9-7-6-8-10-13/h6-10,14-16H,3-5,11H2,1-2H3/t14-,15+,16+/m0/s1. The van der Waals surface area contributed by atoms with E-state index in [2.05, 4.69) is 6.58 Å². The lowest BCUT2D eigenvalue weighted by Gasteiger charge is -2.22. The van der Waals surface area contributed by atoms with Crippen LogP contribution >= 0.6 is 0 Å². The fourth-order valence-electron chi connectivity index (χ4n) is 3.17. The number of rotatable bonds is 6. The average molecular weight is 366 g/mol. The number of hydrogen-bond acceptors (Lipinski definition) is 6. The molecule has 0 radical (unpaired) electrons. The number of benzene rings is 1. The number of esters is 2. The van der Waals surface area contributed by atoms with Gasteiger partial charge in [0.15, 0.2) is 9.84 Å². The zero-order chi connectivity index (χ0) is 18.6. The first-order chi connectivity index (χ1) is 11.8. The van der Waals surface area contributed by atoms with Crippen molar-refractivity contribution in [3.05, 3.63) is 42.5 Å². The molecule has 0 spiro atoms. The van der Waals surface area contributed by atoms with Gasteiger partial charge in [0.05, 0.1) is 29.9 Å². The molecule has 2 rings (SSSR count). The van der Waals surface area contributed by atoms with Crippen LogP contribution in [-0.2, 0) is 28.9 Å². The third-order valence-corrected chi connectivity index (χ3v) is 6.42. The van der Waals surface area contributed by atoms with Crippen molar-refractivity contribution in [2.45, 2.75) is 30.4 Å². The van der Waals surface area contributed by atoms with E-state index in [9.17, 15) is 18.0 Å². The molecular weight excluding hydrogens is 344 g/mol. The van der Waals surface area contributed by atoms with Gasteiger partial charge in [0.1, 0.15) is 5.25 Å². The van der Waals surface area contributed by atoms with Crippen molar-refractivity contribution in [3.8, 4) is 0 Å². The molecule has 7 heteroatoms. The molecule has 0 aromatic heterocycles. The van der Waals surface area contributed by atoms with E-state index < -0.39 is 38.9 Å². The highest BCUT2D eigenvalue weighted by Crippen LogP contribution is 2.43. The molecule has 1 fully saturated rings. The highest BCUT2D eigenvalue weighted by molar-refractivity contribution is 7.92. The Morgan fingerprint density at radius 3 is 2.20 bits per heavy atom. The molecule has 0 heterocycles. The molecule has 1 saturated carbocycles. The van der Waals surface area contributed by atoms with Crippen LogP contribution in [0.5, 0.6) is 0 Å². The summed E-state index contributed by atoms with van der Waals surface area (Å²) in [5.74, 6) is -3.39. The Hall–Kier alpha value is -2.15. The molecule has 0 unspecified atom stereocenters. The van der Waals surface area contributed by atoms with E-state index in [0.29, 0.717) is 5.57 Å². The Morgan fingerprint density at radius 1 is 1.08 bits per heavy atom. The number of ether oxygens (including phenoxy) is 2. The molecule has 1 aliphatic rings. The number of carbonyl (C=O) groups excluding carboxylic acids is 2. The van der Waals surface area contributed by atoms with Crippen LogP contribution in [0.2, 0.25) is 0 Å². The van der Waals surface area contributed by atoms with Gasteiger partial charge in [0.25, 0.3) is 0 Å². The first-order valence-corrected chi connectivity index (χ1v) is 9.69. The van der Waals surface area contributed by atoms with Crippen molar-refractivity contribution in [1.82, 2.24) is 0 Å². The number of carbonyl (C=O) groups is 2. The molecule has 0 N–H and O–H groups in total. The average Bonchev–Trinajstić information content (AvgIpc) is 2.94. The largest absolute Gasteiger partial charge is 0.466 e. The van der Waals surface area contributed by atoms with Crippen molar-refractivity contribution >= 4 is 21.8 Å². The van der Waals surface area contributed by atoms with Gasteiger partial charge in [-0.15, -0.1) is 0 Å². The molecular formula is C18H22O6S. The third kappa shape index (κ3) is 3.76. The zero-order valence-electron chi connectivity index (χ0n) is 14.3. The minimum Gasteiger partial charge on any atom is -0.466 e. The zero-order valence-corrected chi connectivity index (χ0v) is 15.1. The maximum Gasteiger partial charge on any atom is 0.311 e. The van der Waals surface area contributed by atoms with E-state index in [4.69, 9.17) is 9.47 Å². The first-order valence-electron chi connectivity index (χ1n) is 8.14. The summed E-state index contributed by atoms with van der Waals surface area (Å²) in [6.07, 6.45) is 0.0824. The Morgan fingerprint density at radius 2 is 1.64 bits per heavy atom. The van der Waals surface area contributed by atoms with Crippen LogP contribution in [0.1, 0.15) is 20.3 Å². The lowest BCUT2D eigenvalue weighted by atomic mass is 9.96. The fraction of sp³-hybridized carbons (Fsp3) is 0.444. The molecule has 1 aromatic carbocycles.